The van der Waals surface area contributed by atoms with Crippen LogP contribution in [-0.4, -0.2) is 9.55 Å². The third kappa shape index (κ3) is 2.80. The van der Waals surface area contributed by atoms with Crippen LogP contribution in [0.5, 0.6) is 0 Å². The van der Waals surface area contributed by atoms with E-state index >= 15 is 0 Å². The molecule has 5 rings (SSSR count). The minimum Gasteiger partial charge on any atom is -0.437 e. The number of hydrogen-bond donors (Lipinski definition) is 0. The predicted molar refractivity (Wildman–Crippen MR) is 116 cm³/mol. The first-order chi connectivity index (χ1) is 14.1. The Balaban J connectivity index is 1.92. The number of aromatic nitrogens is 2. The smallest absolute Gasteiger partial charge is 0.269 e. The fraction of sp³-hybridized carbons (Fsp3) is 0.0870. The van der Waals surface area contributed by atoms with Gasteiger partial charge in [-0.3, -0.25) is 14.2 Å². The van der Waals surface area contributed by atoms with Gasteiger partial charge in [-0.25, -0.2) is 0 Å². The summed E-state index contributed by atoms with van der Waals surface area (Å²) in [6.07, 6.45) is 0. The second-order valence-corrected chi connectivity index (χ2v) is 7.73. The van der Waals surface area contributed by atoms with Crippen LogP contribution < -0.4 is 11.0 Å². The Morgan fingerprint density at radius 3 is 2.48 bits per heavy atom. The monoisotopic (exact) mass is 400 g/mol. The third-order valence-electron chi connectivity index (χ3n) is 5.06. The largest absolute Gasteiger partial charge is 0.437 e. The van der Waals surface area contributed by atoms with Crippen LogP contribution in [0.1, 0.15) is 18.5 Å². The van der Waals surface area contributed by atoms with Gasteiger partial charge in [0.25, 0.3) is 5.56 Å². The molecule has 5 aromatic rings. The zero-order valence-electron chi connectivity index (χ0n) is 15.5. The number of benzene rings is 2. The van der Waals surface area contributed by atoms with Gasteiger partial charge in [-0.15, -0.1) is 11.3 Å². The number of rotatable bonds is 3. The van der Waals surface area contributed by atoms with Gasteiger partial charge in [0, 0.05) is 0 Å². The van der Waals surface area contributed by atoms with Gasteiger partial charge in [0.05, 0.1) is 16.3 Å². The molecule has 2 aromatic carbocycles. The molecule has 0 aliphatic heterocycles. The van der Waals surface area contributed by atoms with Crippen molar-refractivity contribution in [3.05, 3.63) is 98.3 Å². The van der Waals surface area contributed by atoms with Crippen LogP contribution in [0.4, 0.5) is 0 Å². The fourth-order valence-corrected chi connectivity index (χ4v) is 4.29. The van der Waals surface area contributed by atoms with E-state index in [1.54, 1.807) is 28.8 Å². The standard InChI is InChI=1S/C23H16N2O3S/c1-14(15-8-3-2-4-9-15)25-21(18-12-7-13-29-18)24-22-19(23(25)27)20(26)16-10-5-6-11-17(16)28-22/h2-14H,1H3/t14-/m0/s1. The summed E-state index contributed by atoms with van der Waals surface area (Å²) >= 11 is 1.49. The van der Waals surface area contributed by atoms with Crippen molar-refractivity contribution in [1.29, 1.82) is 0 Å². The molecule has 0 aliphatic rings. The Kier molecular flexibility index (Phi) is 4.14. The highest BCUT2D eigenvalue weighted by molar-refractivity contribution is 7.13. The molecule has 0 aliphatic carbocycles. The third-order valence-corrected chi connectivity index (χ3v) is 5.92. The molecule has 1 atom stereocenters. The number of thiophene rings is 1. The second-order valence-electron chi connectivity index (χ2n) is 6.78. The van der Waals surface area contributed by atoms with Gasteiger partial charge in [0.2, 0.25) is 11.1 Å². The van der Waals surface area contributed by atoms with Crippen molar-refractivity contribution >= 4 is 33.4 Å². The summed E-state index contributed by atoms with van der Waals surface area (Å²) < 4.78 is 7.46. The van der Waals surface area contributed by atoms with E-state index in [2.05, 4.69) is 4.98 Å². The van der Waals surface area contributed by atoms with Crippen LogP contribution in [0.15, 0.2) is 86.1 Å². The lowest BCUT2D eigenvalue weighted by atomic mass is 10.1. The van der Waals surface area contributed by atoms with Crippen LogP contribution in [0.25, 0.3) is 32.8 Å². The first kappa shape index (κ1) is 17.6. The Morgan fingerprint density at radius 2 is 1.72 bits per heavy atom. The minimum atomic E-state index is -0.394. The molecule has 0 bridgehead atoms. The average molecular weight is 400 g/mol. The van der Waals surface area contributed by atoms with Crippen LogP contribution in [-0.2, 0) is 0 Å². The molecule has 0 fully saturated rings. The summed E-state index contributed by atoms with van der Waals surface area (Å²) in [5.41, 5.74) is 0.695. The van der Waals surface area contributed by atoms with E-state index < -0.39 is 5.56 Å². The maximum absolute atomic E-state index is 13.6. The number of para-hydroxylation sites is 1. The summed E-state index contributed by atoms with van der Waals surface area (Å²) in [5, 5.41) is 2.29. The molecule has 0 saturated carbocycles. The Bertz CT molecular complexity index is 1450. The second kappa shape index (κ2) is 6.83. The SMILES string of the molecule is C[C@@H](c1ccccc1)n1c(-c2cccs2)nc2oc3ccccc3c(=O)c2c1=O. The van der Waals surface area contributed by atoms with Gasteiger partial charge in [-0.1, -0.05) is 48.5 Å². The number of fused-ring (bicyclic) bond motifs is 2. The van der Waals surface area contributed by atoms with E-state index in [-0.39, 0.29) is 22.6 Å². The molecule has 0 radical (unpaired) electrons. The highest BCUT2D eigenvalue weighted by Crippen LogP contribution is 2.28. The van der Waals surface area contributed by atoms with Crippen molar-refractivity contribution in [3.8, 4) is 10.7 Å². The molecule has 0 N–H and O–H groups in total. The van der Waals surface area contributed by atoms with Crippen molar-refractivity contribution in [1.82, 2.24) is 9.55 Å². The molecular formula is C23H16N2O3S. The summed E-state index contributed by atoms with van der Waals surface area (Å²) in [6, 6.07) is 20.1. The normalized spacial score (nSPS) is 12.4. The first-order valence-electron chi connectivity index (χ1n) is 9.22. The molecule has 6 heteroatoms. The number of nitrogens with zero attached hydrogens (tertiary/aromatic N) is 2. The van der Waals surface area contributed by atoms with E-state index in [0.717, 1.165) is 10.4 Å². The van der Waals surface area contributed by atoms with Crippen LogP contribution in [0, 0.1) is 0 Å². The summed E-state index contributed by atoms with van der Waals surface area (Å²) in [4.78, 5) is 32.2. The molecule has 3 aromatic heterocycles. The lowest BCUT2D eigenvalue weighted by Crippen LogP contribution is -2.30. The van der Waals surface area contributed by atoms with Crippen molar-refractivity contribution in [2.45, 2.75) is 13.0 Å². The number of hydrogen-bond acceptors (Lipinski definition) is 5. The first-order valence-corrected chi connectivity index (χ1v) is 10.1. The maximum atomic E-state index is 13.6. The highest BCUT2D eigenvalue weighted by atomic mass is 32.1. The zero-order chi connectivity index (χ0) is 20.0. The van der Waals surface area contributed by atoms with Crippen LogP contribution in [0.2, 0.25) is 0 Å². The van der Waals surface area contributed by atoms with Crippen LogP contribution in [0.3, 0.4) is 0 Å². The fourth-order valence-electron chi connectivity index (χ4n) is 3.58. The van der Waals surface area contributed by atoms with Crippen molar-refractivity contribution in [2.24, 2.45) is 0 Å². The molecule has 0 saturated heterocycles. The van der Waals surface area contributed by atoms with Crippen molar-refractivity contribution in [3.63, 3.8) is 0 Å². The van der Waals surface area contributed by atoms with E-state index in [1.165, 1.54) is 11.3 Å². The van der Waals surface area contributed by atoms with Crippen molar-refractivity contribution < 1.29 is 4.42 Å². The zero-order valence-corrected chi connectivity index (χ0v) is 16.3. The van der Waals surface area contributed by atoms with E-state index in [9.17, 15) is 9.59 Å². The van der Waals surface area contributed by atoms with Crippen LogP contribution >= 0.6 is 11.3 Å². The Morgan fingerprint density at radius 1 is 0.966 bits per heavy atom. The van der Waals surface area contributed by atoms with Gasteiger partial charge in [-0.05, 0) is 36.1 Å². The predicted octanol–water partition coefficient (Wildman–Crippen LogP) is 4.84. The van der Waals surface area contributed by atoms with Crippen molar-refractivity contribution in [2.75, 3.05) is 0 Å². The minimum absolute atomic E-state index is 0.0215. The molecule has 0 spiro atoms. The summed E-state index contributed by atoms with van der Waals surface area (Å²) in [6.45, 7) is 1.93. The van der Waals surface area contributed by atoms with E-state index in [0.29, 0.717) is 16.8 Å². The summed E-state index contributed by atoms with van der Waals surface area (Å²) in [7, 11) is 0. The topological polar surface area (TPSA) is 65.1 Å². The quantitative estimate of drug-likeness (QED) is 0.407. The lowest BCUT2D eigenvalue weighted by molar-refractivity contribution is 0.598. The summed E-state index contributed by atoms with van der Waals surface area (Å²) in [5.74, 6) is 0.493. The molecule has 5 nitrogen and oxygen atoms in total. The highest BCUT2D eigenvalue weighted by Gasteiger charge is 2.22. The molecule has 142 valence electrons. The lowest BCUT2D eigenvalue weighted by Gasteiger charge is -2.19. The van der Waals surface area contributed by atoms with Gasteiger partial charge in [-0.2, -0.15) is 4.98 Å². The molecular weight excluding hydrogens is 384 g/mol. The average Bonchev–Trinajstić information content (AvgIpc) is 3.28. The van der Waals surface area contributed by atoms with Gasteiger partial charge >= 0.3 is 0 Å². The van der Waals surface area contributed by atoms with Gasteiger partial charge in [0.1, 0.15) is 5.58 Å². The Hall–Kier alpha value is -3.51. The molecule has 3 heterocycles. The molecule has 0 unspecified atom stereocenters. The van der Waals surface area contributed by atoms with Gasteiger partial charge in [0.15, 0.2) is 11.2 Å². The Labute approximate surface area is 169 Å². The maximum Gasteiger partial charge on any atom is 0.269 e. The van der Waals surface area contributed by atoms with E-state index in [1.807, 2.05) is 54.8 Å². The molecule has 0 amide bonds. The van der Waals surface area contributed by atoms with Gasteiger partial charge < -0.3 is 4.42 Å². The molecule has 29 heavy (non-hydrogen) atoms. The van der Waals surface area contributed by atoms with E-state index in [4.69, 9.17) is 4.42 Å².